The Labute approximate surface area is 119 Å². The Morgan fingerprint density at radius 3 is 2.40 bits per heavy atom. The summed E-state index contributed by atoms with van der Waals surface area (Å²) in [4.78, 5) is 13.8. The first-order valence-corrected chi connectivity index (χ1v) is 8.16. The van der Waals surface area contributed by atoms with Gasteiger partial charge in [0.1, 0.15) is 4.90 Å². The van der Waals surface area contributed by atoms with E-state index < -0.39 is 15.9 Å². The standard InChI is InChI=1S/C12H22N4O3S/c1-5-9-11(20(13,18)19)10(15-14-9)12(17)16(6-2)7-8(3)4/h8H,5-7H2,1-4H3,(H,14,15)(H2,13,18,19). The fourth-order valence-corrected chi connectivity index (χ4v) is 2.94. The highest BCUT2D eigenvalue weighted by Gasteiger charge is 2.29. The van der Waals surface area contributed by atoms with Gasteiger partial charge in [0, 0.05) is 13.1 Å². The maximum Gasteiger partial charge on any atom is 0.275 e. The van der Waals surface area contributed by atoms with Crippen LogP contribution in [0.15, 0.2) is 4.90 Å². The molecule has 0 aliphatic carbocycles. The van der Waals surface area contributed by atoms with Crippen molar-refractivity contribution in [2.24, 2.45) is 11.1 Å². The van der Waals surface area contributed by atoms with Gasteiger partial charge < -0.3 is 4.90 Å². The summed E-state index contributed by atoms with van der Waals surface area (Å²) >= 11 is 0. The molecule has 0 saturated carbocycles. The Balaban J connectivity index is 3.26. The molecule has 0 saturated heterocycles. The molecule has 114 valence electrons. The highest BCUT2D eigenvalue weighted by molar-refractivity contribution is 7.89. The number of aromatic nitrogens is 2. The van der Waals surface area contributed by atoms with Crippen LogP contribution in [0.4, 0.5) is 0 Å². The number of amides is 1. The molecule has 20 heavy (non-hydrogen) atoms. The van der Waals surface area contributed by atoms with Crippen LogP contribution < -0.4 is 5.14 Å². The highest BCUT2D eigenvalue weighted by Crippen LogP contribution is 2.19. The molecule has 1 aromatic heterocycles. The highest BCUT2D eigenvalue weighted by atomic mass is 32.2. The zero-order chi connectivity index (χ0) is 15.5. The minimum atomic E-state index is -3.99. The van der Waals surface area contributed by atoms with Crippen molar-refractivity contribution in [3.63, 3.8) is 0 Å². The molecule has 8 heteroatoms. The van der Waals surface area contributed by atoms with E-state index in [1.165, 1.54) is 0 Å². The lowest BCUT2D eigenvalue weighted by molar-refractivity contribution is 0.0736. The van der Waals surface area contributed by atoms with E-state index >= 15 is 0 Å². The predicted octanol–water partition coefficient (Wildman–Crippen LogP) is 0.738. The molecule has 7 nitrogen and oxygen atoms in total. The maximum absolute atomic E-state index is 12.4. The average molecular weight is 302 g/mol. The second kappa shape index (κ2) is 6.36. The summed E-state index contributed by atoms with van der Waals surface area (Å²) in [5.74, 6) is -0.136. The molecule has 1 heterocycles. The normalized spacial score (nSPS) is 11.9. The van der Waals surface area contributed by atoms with E-state index in [2.05, 4.69) is 10.2 Å². The number of rotatable bonds is 6. The molecule has 0 aliphatic rings. The average Bonchev–Trinajstić information content (AvgIpc) is 2.78. The van der Waals surface area contributed by atoms with Crippen molar-refractivity contribution >= 4 is 15.9 Å². The zero-order valence-electron chi connectivity index (χ0n) is 12.3. The first-order valence-electron chi connectivity index (χ1n) is 6.61. The van der Waals surface area contributed by atoms with Gasteiger partial charge in [-0.3, -0.25) is 9.89 Å². The van der Waals surface area contributed by atoms with Crippen LogP contribution in [0.1, 0.15) is 43.9 Å². The number of aryl methyl sites for hydroxylation is 1. The topological polar surface area (TPSA) is 109 Å². The molecule has 1 aromatic rings. The van der Waals surface area contributed by atoms with Crippen molar-refractivity contribution in [2.45, 2.75) is 39.0 Å². The summed E-state index contributed by atoms with van der Waals surface area (Å²) in [7, 11) is -3.99. The van der Waals surface area contributed by atoms with Gasteiger partial charge in [-0.05, 0) is 19.3 Å². The first kappa shape index (κ1) is 16.6. The Morgan fingerprint density at radius 1 is 1.40 bits per heavy atom. The van der Waals surface area contributed by atoms with Crippen molar-refractivity contribution in [3.8, 4) is 0 Å². The van der Waals surface area contributed by atoms with Crippen LogP contribution in [0, 0.1) is 5.92 Å². The van der Waals surface area contributed by atoms with E-state index in [1.54, 1.807) is 11.8 Å². The summed E-state index contributed by atoms with van der Waals surface area (Å²) < 4.78 is 23.4. The first-order chi connectivity index (χ1) is 9.22. The molecule has 1 rings (SSSR count). The predicted molar refractivity (Wildman–Crippen MR) is 75.8 cm³/mol. The van der Waals surface area contributed by atoms with Gasteiger partial charge in [-0.2, -0.15) is 5.10 Å². The van der Waals surface area contributed by atoms with Gasteiger partial charge in [0.05, 0.1) is 5.69 Å². The fraction of sp³-hybridized carbons (Fsp3) is 0.667. The summed E-state index contributed by atoms with van der Waals surface area (Å²) in [5, 5.41) is 11.6. The number of hydrogen-bond acceptors (Lipinski definition) is 4. The van der Waals surface area contributed by atoms with Crippen LogP contribution in [0.2, 0.25) is 0 Å². The lowest BCUT2D eigenvalue weighted by atomic mass is 10.2. The number of carbonyl (C=O) groups is 1. The largest absolute Gasteiger partial charge is 0.337 e. The van der Waals surface area contributed by atoms with E-state index in [4.69, 9.17) is 5.14 Å². The van der Waals surface area contributed by atoms with Gasteiger partial charge >= 0.3 is 0 Å². The lowest BCUT2D eigenvalue weighted by Crippen LogP contribution is -2.35. The quantitative estimate of drug-likeness (QED) is 0.807. The van der Waals surface area contributed by atoms with E-state index in [1.807, 2.05) is 20.8 Å². The van der Waals surface area contributed by atoms with Crippen LogP contribution in [-0.4, -0.2) is 42.5 Å². The third kappa shape index (κ3) is 3.57. The van der Waals surface area contributed by atoms with Gasteiger partial charge in [-0.25, -0.2) is 13.6 Å². The number of H-pyrrole nitrogens is 1. The van der Waals surface area contributed by atoms with Crippen molar-refractivity contribution in [2.75, 3.05) is 13.1 Å². The van der Waals surface area contributed by atoms with Gasteiger partial charge in [0.2, 0.25) is 10.0 Å². The molecule has 0 fully saturated rings. The second-order valence-electron chi connectivity index (χ2n) is 5.02. The summed E-state index contributed by atoms with van der Waals surface area (Å²) in [6.07, 6.45) is 0.405. The number of nitrogens with zero attached hydrogens (tertiary/aromatic N) is 2. The third-order valence-electron chi connectivity index (χ3n) is 2.89. The third-order valence-corrected chi connectivity index (χ3v) is 3.90. The van der Waals surface area contributed by atoms with Gasteiger partial charge in [0.25, 0.3) is 5.91 Å². The molecular formula is C12H22N4O3S. The fourth-order valence-electron chi connectivity index (χ4n) is 2.01. The van der Waals surface area contributed by atoms with Crippen LogP contribution in [0.25, 0.3) is 0 Å². The van der Waals surface area contributed by atoms with E-state index in [0.29, 0.717) is 25.2 Å². The van der Waals surface area contributed by atoms with Gasteiger partial charge in [-0.15, -0.1) is 0 Å². The van der Waals surface area contributed by atoms with Gasteiger partial charge in [-0.1, -0.05) is 20.8 Å². The van der Waals surface area contributed by atoms with Crippen LogP contribution in [0.5, 0.6) is 0 Å². The van der Waals surface area contributed by atoms with Crippen LogP contribution >= 0.6 is 0 Å². The molecule has 3 N–H and O–H groups in total. The van der Waals surface area contributed by atoms with Gasteiger partial charge in [0.15, 0.2) is 5.69 Å². The number of sulfonamides is 1. The second-order valence-corrected chi connectivity index (χ2v) is 6.51. The van der Waals surface area contributed by atoms with Crippen molar-refractivity contribution in [1.29, 1.82) is 0 Å². The Bertz CT molecular complexity index is 578. The number of primary sulfonamides is 1. The summed E-state index contributed by atoms with van der Waals surface area (Å²) in [5.41, 5.74) is 0.239. The molecular weight excluding hydrogens is 280 g/mol. The monoisotopic (exact) mass is 302 g/mol. The molecule has 0 radical (unpaired) electrons. The smallest absolute Gasteiger partial charge is 0.275 e. The number of carbonyl (C=O) groups excluding carboxylic acids is 1. The zero-order valence-corrected chi connectivity index (χ0v) is 13.1. The Hall–Kier alpha value is -1.41. The minimum absolute atomic E-state index is 0.119. The Kier molecular flexibility index (Phi) is 5.29. The van der Waals surface area contributed by atoms with E-state index in [0.717, 1.165) is 0 Å². The number of aromatic amines is 1. The SMILES string of the molecule is CCc1[nH]nc(C(=O)N(CC)CC(C)C)c1S(N)(=O)=O. The number of nitrogens with one attached hydrogen (secondary N) is 1. The van der Waals surface area contributed by atoms with Crippen LogP contribution in [-0.2, 0) is 16.4 Å². The molecule has 0 spiro atoms. The molecule has 0 aromatic carbocycles. The molecule has 0 atom stereocenters. The number of nitrogens with two attached hydrogens (primary N) is 1. The minimum Gasteiger partial charge on any atom is -0.337 e. The van der Waals surface area contributed by atoms with Crippen LogP contribution in [0.3, 0.4) is 0 Å². The molecule has 0 aliphatic heterocycles. The van der Waals surface area contributed by atoms with Crippen molar-refractivity contribution in [3.05, 3.63) is 11.4 Å². The molecule has 0 bridgehead atoms. The Morgan fingerprint density at radius 2 is 2.00 bits per heavy atom. The van der Waals surface area contributed by atoms with Crippen molar-refractivity contribution < 1.29 is 13.2 Å². The van der Waals surface area contributed by atoms with Crippen molar-refractivity contribution in [1.82, 2.24) is 15.1 Å². The van der Waals surface area contributed by atoms with E-state index in [9.17, 15) is 13.2 Å². The summed E-state index contributed by atoms with van der Waals surface area (Å²) in [6.45, 7) is 8.59. The molecule has 0 unspecified atom stereocenters. The maximum atomic E-state index is 12.4. The number of hydrogen-bond donors (Lipinski definition) is 2. The lowest BCUT2D eigenvalue weighted by Gasteiger charge is -2.22. The summed E-state index contributed by atoms with van der Waals surface area (Å²) in [6, 6.07) is 0. The van der Waals surface area contributed by atoms with E-state index in [-0.39, 0.29) is 16.5 Å². The molecule has 1 amide bonds.